The fourth-order valence-electron chi connectivity index (χ4n) is 3.65. The Labute approximate surface area is 230 Å². The van der Waals surface area contributed by atoms with Crippen molar-refractivity contribution in [3.63, 3.8) is 0 Å². The largest absolute Gasteiger partial charge is 0.491 e. The summed E-state index contributed by atoms with van der Waals surface area (Å²) in [5.74, 6) is 0.0733. The van der Waals surface area contributed by atoms with E-state index in [9.17, 15) is 19.8 Å². The summed E-state index contributed by atoms with van der Waals surface area (Å²) < 4.78 is 31.1. The number of ether oxygens (including phenoxy) is 4. The molecule has 4 rings (SSSR count). The maximum absolute atomic E-state index is 11.8. The Balaban J connectivity index is 1.18. The zero-order valence-corrected chi connectivity index (χ0v) is 21.8. The van der Waals surface area contributed by atoms with E-state index in [0.717, 1.165) is 11.1 Å². The third-order valence-corrected chi connectivity index (χ3v) is 5.90. The van der Waals surface area contributed by atoms with E-state index >= 15 is 0 Å². The molecule has 10 nitrogen and oxygen atoms in total. The summed E-state index contributed by atoms with van der Waals surface area (Å²) in [6.07, 6.45) is 0.756. The van der Waals surface area contributed by atoms with Crippen LogP contribution in [0.4, 0.5) is 0 Å². The average Bonchev–Trinajstić information content (AvgIpc) is 3.72. The molecule has 40 heavy (non-hydrogen) atoms. The van der Waals surface area contributed by atoms with Crippen LogP contribution >= 0.6 is 0 Å². The summed E-state index contributed by atoms with van der Waals surface area (Å²) in [7, 11) is 0. The second-order valence-electron chi connectivity index (χ2n) is 8.94. The Morgan fingerprint density at radius 1 is 0.650 bits per heavy atom. The lowest BCUT2D eigenvalue weighted by molar-refractivity contribution is 0.0103. The molecular formula is C30H30O10. The zero-order valence-electron chi connectivity index (χ0n) is 21.8. The fourth-order valence-corrected chi connectivity index (χ4v) is 3.65. The van der Waals surface area contributed by atoms with Crippen LogP contribution < -0.4 is 9.47 Å². The van der Waals surface area contributed by atoms with Gasteiger partial charge >= 0.3 is 11.9 Å². The van der Waals surface area contributed by atoms with Gasteiger partial charge in [-0.05, 0) is 59.7 Å². The molecule has 210 valence electrons. The number of aliphatic hydroxyl groups excluding tert-OH is 2. The summed E-state index contributed by atoms with van der Waals surface area (Å²) in [5.41, 5.74) is 2.12. The van der Waals surface area contributed by atoms with E-state index in [1.807, 2.05) is 48.5 Å². The number of hydrogen-bond donors (Lipinski definition) is 2. The minimum atomic E-state index is -0.990. The van der Waals surface area contributed by atoms with Crippen molar-refractivity contribution in [2.45, 2.75) is 25.0 Å². The topological polar surface area (TPSA) is 138 Å². The van der Waals surface area contributed by atoms with E-state index in [4.69, 9.17) is 27.8 Å². The summed E-state index contributed by atoms with van der Waals surface area (Å²) >= 11 is 0. The minimum Gasteiger partial charge on any atom is -0.491 e. The predicted octanol–water partition coefficient (Wildman–Crippen LogP) is 4.22. The van der Waals surface area contributed by atoms with Gasteiger partial charge in [0, 0.05) is 5.92 Å². The van der Waals surface area contributed by atoms with Crippen LogP contribution in [0.1, 0.15) is 45.1 Å². The summed E-state index contributed by atoms with van der Waals surface area (Å²) in [6, 6.07) is 21.1. The summed E-state index contributed by atoms with van der Waals surface area (Å²) in [5, 5.41) is 20.1. The molecule has 0 bridgehead atoms. The molecule has 0 amide bonds. The van der Waals surface area contributed by atoms with Gasteiger partial charge in [0.05, 0.1) is 12.5 Å². The van der Waals surface area contributed by atoms with E-state index in [-0.39, 0.29) is 43.9 Å². The van der Waals surface area contributed by atoms with Crippen LogP contribution in [0, 0.1) is 0 Å². The number of furan rings is 2. The van der Waals surface area contributed by atoms with E-state index in [1.54, 1.807) is 12.1 Å². The molecule has 0 aliphatic rings. The number of hydrogen-bond acceptors (Lipinski definition) is 10. The first-order chi connectivity index (χ1) is 19.4. The summed E-state index contributed by atoms with van der Waals surface area (Å²) in [6.45, 7) is 1.56. The van der Waals surface area contributed by atoms with Gasteiger partial charge in [-0.1, -0.05) is 31.2 Å². The molecule has 2 unspecified atom stereocenters. The quantitative estimate of drug-likeness (QED) is 0.220. The molecule has 0 aliphatic heterocycles. The molecule has 0 saturated heterocycles. The molecule has 4 aromatic rings. The first-order valence-corrected chi connectivity index (χ1v) is 12.6. The SMILES string of the molecule is CC(c1ccc(OCC(O)COC(=O)c2ccco2)cc1)c1ccc(OCC(O)COC(=O)c2ccco2)cc1. The highest BCUT2D eigenvalue weighted by Crippen LogP contribution is 2.27. The van der Waals surface area contributed by atoms with Crippen molar-refractivity contribution in [3.05, 3.63) is 108 Å². The van der Waals surface area contributed by atoms with Crippen molar-refractivity contribution in [1.82, 2.24) is 0 Å². The Bertz CT molecular complexity index is 1210. The molecule has 2 aromatic carbocycles. The predicted molar refractivity (Wildman–Crippen MR) is 141 cm³/mol. The molecular weight excluding hydrogens is 520 g/mol. The van der Waals surface area contributed by atoms with Crippen LogP contribution in [0.5, 0.6) is 11.5 Å². The molecule has 2 heterocycles. The van der Waals surface area contributed by atoms with Crippen molar-refractivity contribution in [2.24, 2.45) is 0 Å². The van der Waals surface area contributed by atoms with Crippen molar-refractivity contribution in [2.75, 3.05) is 26.4 Å². The molecule has 0 saturated carbocycles. The number of esters is 2. The highest BCUT2D eigenvalue weighted by atomic mass is 16.6. The lowest BCUT2D eigenvalue weighted by Gasteiger charge is -2.16. The Morgan fingerprint density at radius 2 is 1.05 bits per heavy atom. The Hall–Kier alpha value is -4.54. The van der Waals surface area contributed by atoms with Gasteiger partial charge in [0.15, 0.2) is 0 Å². The van der Waals surface area contributed by atoms with E-state index in [0.29, 0.717) is 11.5 Å². The molecule has 2 N–H and O–H groups in total. The van der Waals surface area contributed by atoms with Crippen molar-refractivity contribution < 1.29 is 47.6 Å². The van der Waals surface area contributed by atoms with Gasteiger partial charge in [0.25, 0.3) is 0 Å². The number of aliphatic hydroxyl groups is 2. The van der Waals surface area contributed by atoms with Crippen LogP contribution in [-0.4, -0.2) is 60.8 Å². The van der Waals surface area contributed by atoms with Crippen LogP contribution in [0.25, 0.3) is 0 Å². The maximum Gasteiger partial charge on any atom is 0.374 e. The van der Waals surface area contributed by atoms with Gasteiger partial charge < -0.3 is 38.0 Å². The standard InChI is InChI=1S/C30H30O10/c1-20(21-6-10-25(11-7-21)37-16-23(31)18-39-29(33)27-4-2-14-35-27)22-8-12-26(13-9-22)38-17-24(32)19-40-30(34)28-5-3-15-36-28/h2-15,20,23-24,31-32H,16-19H2,1H3. The van der Waals surface area contributed by atoms with Crippen molar-refractivity contribution in [3.8, 4) is 11.5 Å². The maximum atomic E-state index is 11.8. The molecule has 0 fully saturated rings. The second-order valence-corrected chi connectivity index (χ2v) is 8.94. The normalized spacial score (nSPS) is 13.2. The zero-order chi connectivity index (χ0) is 28.3. The highest BCUT2D eigenvalue weighted by molar-refractivity contribution is 5.86. The van der Waals surface area contributed by atoms with Crippen molar-refractivity contribution >= 4 is 11.9 Å². The van der Waals surface area contributed by atoms with Crippen LogP contribution in [-0.2, 0) is 9.47 Å². The third-order valence-electron chi connectivity index (χ3n) is 5.90. The number of carbonyl (C=O) groups is 2. The summed E-state index contributed by atoms with van der Waals surface area (Å²) in [4.78, 5) is 23.5. The first kappa shape index (κ1) is 28.5. The highest BCUT2D eigenvalue weighted by Gasteiger charge is 2.16. The molecule has 0 radical (unpaired) electrons. The molecule has 10 heteroatoms. The van der Waals surface area contributed by atoms with E-state index in [1.165, 1.54) is 24.7 Å². The smallest absolute Gasteiger partial charge is 0.374 e. The number of carbonyl (C=O) groups excluding carboxylic acids is 2. The average molecular weight is 551 g/mol. The minimum absolute atomic E-state index is 0.0388. The lowest BCUT2D eigenvalue weighted by atomic mass is 9.93. The molecule has 2 atom stereocenters. The van der Waals surface area contributed by atoms with Crippen LogP contribution in [0.15, 0.2) is 94.2 Å². The molecule has 2 aromatic heterocycles. The van der Waals surface area contributed by atoms with Gasteiger partial charge in [0.2, 0.25) is 11.5 Å². The monoisotopic (exact) mass is 550 g/mol. The number of rotatable bonds is 14. The van der Waals surface area contributed by atoms with Gasteiger partial charge in [-0.25, -0.2) is 9.59 Å². The van der Waals surface area contributed by atoms with Crippen molar-refractivity contribution in [1.29, 1.82) is 0 Å². The first-order valence-electron chi connectivity index (χ1n) is 12.6. The van der Waals surface area contributed by atoms with Gasteiger partial charge in [-0.15, -0.1) is 0 Å². The Morgan fingerprint density at radius 3 is 1.40 bits per heavy atom. The van der Waals surface area contributed by atoms with Gasteiger partial charge in [-0.3, -0.25) is 0 Å². The van der Waals surface area contributed by atoms with Crippen LogP contribution in [0.3, 0.4) is 0 Å². The third kappa shape index (κ3) is 8.23. The fraction of sp³-hybridized carbons (Fsp3) is 0.267. The van der Waals surface area contributed by atoms with Gasteiger partial charge in [-0.2, -0.15) is 0 Å². The second kappa shape index (κ2) is 14.0. The Kier molecular flexibility index (Phi) is 9.98. The molecule has 0 aliphatic carbocycles. The van der Waals surface area contributed by atoms with Gasteiger partial charge in [0.1, 0.15) is 50.1 Å². The van der Waals surface area contributed by atoms with E-state index in [2.05, 4.69) is 6.92 Å². The molecule has 0 spiro atoms. The van der Waals surface area contributed by atoms with Crippen LogP contribution in [0.2, 0.25) is 0 Å². The lowest BCUT2D eigenvalue weighted by Crippen LogP contribution is -2.25. The number of benzene rings is 2. The van der Waals surface area contributed by atoms with E-state index < -0.39 is 24.1 Å².